The van der Waals surface area contributed by atoms with Crippen LogP contribution in [-0.2, 0) is 16.0 Å². The summed E-state index contributed by atoms with van der Waals surface area (Å²) in [6.07, 6.45) is 0.686. The van der Waals surface area contributed by atoms with Gasteiger partial charge in [-0.25, -0.2) is 0 Å². The fourth-order valence-electron chi connectivity index (χ4n) is 2.80. The van der Waals surface area contributed by atoms with E-state index in [0.29, 0.717) is 6.42 Å². The first kappa shape index (κ1) is 15.4. The minimum absolute atomic E-state index is 0.0155. The van der Waals surface area contributed by atoms with Gasteiger partial charge in [-0.3, -0.25) is 9.59 Å². The Balaban J connectivity index is 2.20. The van der Waals surface area contributed by atoms with Crippen LogP contribution >= 0.6 is 0 Å². The van der Waals surface area contributed by atoms with Crippen LogP contribution in [0, 0.1) is 5.92 Å². The van der Waals surface area contributed by atoms with E-state index < -0.39 is 5.91 Å². The zero-order valence-electron chi connectivity index (χ0n) is 12.8. The van der Waals surface area contributed by atoms with Crippen molar-refractivity contribution in [2.75, 3.05) is 11.9 Å². The standard InChI is InChI=1S/C16H23N3O2/c1-10(2)19(9-15(17)20)16(21)13-8-12-6-4-5-7-14(12)18-11(13)3/h4-7,10-11,13,18H,8-9H2,1-3H3,(H2,17,20). The predicted molar refractivity (Wildman–Crippen MR) is 82.8 cm³/mol. The van der Waals surface area contributed by atoms with Crippen LogP contribution in [0.1, 0.15) is 26.3 Å². The number of fused-ring (bicyclic) bond motifs is 1. The fourth-order valence-corrected chi connectivity index (χ4v) is 2.80. The van der Waals surface area contributed by atoms with E-state index in [-0.39, 0.29) is 30.5 Å². The quantitative estimate of drug-likeness (QED) is 0.879. The number of anilines is 1. The summed E-state index contributed by atoms with van der Waals surface area (Å²) in [6, 6.07) is 7.99. The first-order valence-corrected chi connectivity index (χ1v) is 7.33. The zero-order chi connectivity index (χ0) is 15.6. The molecule has 0 radical (unpaired) electrons. The number of nitrogens with two attached hydrogens (primary N) is 1. The molecule has 2 unspecified atom stereocenters. The molecule has 114 valence electrons. The number of amides is 2. The van der Waals surface area contributed by atoms with Crippen molar-refractivity contribution in [2.24, 2.45) is 11.7 Å². The van der Waals surface area contributed by atoms with Crippen LogP contribution in [0.2, 0.25) is 0 Å². The molecule has 3 N–H and O–H groups in total. The van der Waals surface area contributed by atoms with Gasteiger partial charge in [0, 0.05) is 17.8 Å². The Morgan fingerprint density at radius 2 is 2.05 bits per heavy atom. The van der Waals surface area contributed by atoms with Gasteiger partial charge in [-0.15, -0.1) is 0 Å². The molecule has 1 aromatic carbocycles. The molecule has 5 nitrogen and oxygen atoms in total. The Kier molecular flexibility index (Phi) is 4.50. The van der Waals surface area contributed by atoms with Crippen molar-refractivity contribution in [3.63, 3.8) is 0 Å². The average molecular weight is 289 g/mol. The molecule has 1 aliphatic rings. The summed E-state index contributed by atoms with van der Waals surface area (Å²) in [7, 11) is 0. The fraction of sp³-hybridized carbons (Fsp3) is 0.500. The lowest BCUT2D eigenvalue weighted by molar-refractivity contribution is -0.141. The lowest BCUT2D eigenvalue weighted by atomic mass is 9.86. The average Bonchev–Trinajstić information content (AvgIpc) is 2.42. The maximum atomic E-state index is 12.8. The topological polar surface area (TPSA) is 75.4 Å². The predicted octanol–water partition coefficient (Wildman–Crippen LogP) is 1.38. The van der Waals surface area contributed by atoms with Crippen molar-refractivity contribution in [1.82, 2.24) is 4.90 Å². The molecule has 1 aliphatic heterocycles. The van der Waals surface area contributed by atoms with Gasteiger partial charge in [0.15, 0.2) is 0 Å². The number of primary amides is 1. The third kappa shape index (κ3) is 3.35. The number of rotatable bonds is 4. The van der Waals surface area contributed by atoms with E-state index in [1.165, 1.54) is 0 Å². The lowest BCUT2D eigenvalue weighted by Crippen LogP contribution is -2.50. The Morgan fingerprint density at radius 3 is 2.67 bits per heavy atom. The monoisotopic (exact) mass is 289 g/mol. The third-order valence-electron chi connectivity index (χ3n) is 3.99. The van der Waals surface area contributed by atoms with Crippen LogP contribution in [0.15, 0.2) is 24.3 Å². The molecule has 0 spiro atoms. The summed E-state index contributed by atoms with van der Waals surface area (Å²) in [4.78, 5) is 25.5. The van der Waals surface area contributed by atoms with E-state index in [0.717, 1.165) is 11.3 Å². The van der Waals surface area contributed by atoms with Gasteiger partial charge in [0.2, 0.25) is 11.8 Å². The second-order valence-electron chi connectivity index (χ2n) is 5.93. The van der Waals surface area contributed by atoms with Gasteiger partial charge >= 0.3 is 0 Å². The molecule has 1 aromatic rings. The van der Waals surface area contributed by atoms with Gasteiger partial charge in [-0.2, -0.15) is 0 Å². The molecule has 0 fully saturated rings. The molecule has 0 saturated heterocycles. The SMILES string of the molecule is CC1Nc2ccccc2CC1C(=O)N(CC(N)=O)C(C)C. The summed E-state index contributed by atoms with van der Waals surface area (Å²) in [5, 5.41) is 3.37. The van der Waals surface area contributed by atoms with Crippen molar-refractivity contribution < 1.29 is 9.59 Å². The molecule has 21 heavy (non-hydrogen) atoms. The first-order chi connectivity index (χ1) is 9.90. The maximum Gasteiger partial charge on any atom is 0.237 e. The molecular formula is C16H23N3O2. The van der Waals surface area contributed by atoms with Crippen LogP contribution < -0.4 is 11.1 Å². The van der Waals surface area contributed by atoms with Crippen LogP contribution in [0.25, 0.3) is 0 Å². The Hall–Kier alpha value is -2.04. The Labute approximate surface area is 125 Å². The summed E-state index contributed by atoms with van der Waals surface area (Å²) in [5.41, 5.74) is 7.48. The van der Waals surface area contributed by atoms with Gasteiger partial charge in [0.25, 0.3) is 0 Å². The van der Waals surface area contributed by atoms with E-state index in [4.69, 9.17) is 5.73 Å². The molecule has 2 amide bonds. The van der Waals surface area contributed by atoms with Crippen LogP contribution in [0.5, 0.6) is 0 Å². The molecule has 2 atom stereocenters. The van der Waals surface area contributed by atoms with Crippen molar-refractivity contribution in [3.8, 4) is 0 Å². The summed E-state index contributed by atoms with van der Waals surface area (Å²) in [6.45, 7) is 5.77. The molecule has 0 aromatic heterocycles. The minimum atomic E-state index is -0.478. The molecule has 0 saturated carbocycles. The number of carbonyl (C=O) groups excluding carboxylic acids is 2. The highest BCUT2D eigenvalue weighted by Crippen LogP contribution is 2.29. The number of nitrogens with zero attached hydrogens (tertiary/aromatic N) is 1. The van der Waals surface area contributed by atoms with Gasteiger partial charge < -0.3 is 16.0 Å². The van der Waals surface area contributed by atoms with Crippen molar-refractivity contribution in [3.05, 3.63) is 29.8 Å². The molecular weight excluding hydrogens is 266 g/mol. The van der Waals surface area contributed by atoms with E-state index in [1.54, 1.807) is 4.90 Å². The summed E-state index contributed by atoms with van der Waals surface area (Å²) in [5.74, 6) is -0.672. The van der Waals surface area contributed by atoms with Crippen molar-refractivity contribution in [2.45, 2.75) is 39.3 Å². The maximum absolute atomic E-state index is 12.8. The van der Waals surface area contributed by atoms with E-state index in [1.807, 2.05) is 45.0 Å². The summed E-state index contributed by atoms with van der Waals surface area (Å²) >= 11 is 0. The Morgan fingerprint density at radius 1 is 1.38 bits per heavy atom. The minimum Gasteiger partial charge on any atom is -0.382 e. The van der Waals surface area contributed by atoms with Gasteiger partial charge in [0.1, 0.15) is 0 Å². The number of hydrogen-bond acceptors (Lipinski definition) is 3. The molecule has 0 aliphatic carbocycles. The molecule has 0 bridgehead atoms. The highest BCUT2D eigenvalue weighted by molar-refractivity contribution is 5.86. The number of hydrogen-bond donors (Lipinski definition) is 2. The second-order valence-corrected chi connectivity index (χ2v) is 5.93. The summed E-state index contributed by atoms with van der Waals surface area (Å²) < 4.78 is 0. The first-order valence-electron chi connectivity index (χ1n) is 7.33. The number of carbonyl (C=O) groups is 2. The molecule has 5 heteroatoms. The number of para-hydroxylation sites is 1. The van der Waals surface area contributed by atoms with Crippen molar-refractivity contribution >= 4 is 17.5 Å². The second kappa shape index (κ2) is 6.16. The van der Waals surface area contributed by atoms with E-state index >= 15 is 0 Å². The number of nitrogens with one attached hydrogen (secondary N) is 1. The molecule has 2 rings (SSSR count). The zero-order valence-corrected chi connectivity index (χ0v) is 12.8. The van der Waals surface area contributed by atoms with Gasteiger partial charge in [0.05, 0.1) is 12.5 Å². The molecule has 1 heterocycles. The van der Waals surface area contributed by atoms with Crippen LogP contribution in [-0.4, -0.2) is 35.3 Å². The van der Waals surface area contributed by atoms with Gasteiger partial charge in [-0.1, -0.05) is 18.2 Å². The highest BCUT2D eigenvalue weighted by Gasteiger charge is 2.34. The highest BCUT2D eigenvalue weighted by atomic mass is 16.2. The lowest BCUT2D eigenvalue weighted by Gasteiger charge is -2.36. The van der Waals surface area contributed by atoms with Crippen LogP contribution in [0.3, 0.4) is 0 Å². The van der Waals surface area contributed by atoms with Crippen molar-refractivity contribution in [1.29, 1.82) is 0 Å². The van der Waals surface area contributed by atoms with E-state index in [2.05, 4.69) is 5.32 Å². The van der Waals surface area contributed by atoms with E-state index in [9.17, 15) is 9.59 Å². The smallest absolute Gasteiger partial charge is 0.237 e. The third-order valence-corrected chi connectivity index (χ3v) is 3.99. The van der Waals surface area contributed by atoms with Gasteiger partial charge in [-0.05, 0) is 38.8 Å². The van der Waals surface area contributed by atoms with Crippen LogP contribution in [0.4, 0.5) is 5.69 Å². The number of benzene rings is 1. The Bertz CT molecular complexity index is 542. The normalized spacial score (nSPS) is 20.6. The largest absolute Gasteiger partial charge is 0.382 e.